The molecule has 5 heteroatoms. The molecule has 0 amide bonds. The lowest BCUT2D eigenvalue weighted by molar-refractivity contribution is 0.0911. The largest absolute Gasteiger partial charge is 0.394 e. The molecule has 0 bridgehead atoms. The maximum atomic E-state index is 12.5. The normalized spacial score (nSPS) is 21.5. The fourth-order valence-electron chi connectivity index (χ4n) is 1.31. The van der Waals surface area contributed by atoms with Gasteiger partial charge in [0.1, 0.15) is 0 Å². The molecule has 1 aromatic carbocycles. The summed E-state index contributed by atoms with van der Waals surface area (Å²) in [6.07, 6.45) is 0. The molecule has 0 aliphatic heterocycles. The molecule has 1 aromatic rings. The number of carbonyl (C=O) groups excluding carboxylic acids is 1. The maximum absolute atomic E-state index is 12.5. The van der Waals surface area contributed by atoms with Crippen LogP contribution in [-0.4, -0.2) is 29.0 Å². The van der Waals surface area contributed by atoms with E-state index >= 15 is 0 Å². The lowest BCUT2D eigenvalue weighted by atomic mass is 10.0. The van der Waals surface area contributed by atoms with Crippen LogP contribution in [0.4, 0.5) is 0 Å². The van der Waals surface area contributed by atoms with Gasteiger partial charge in [0.05, 0.1) is 15.3 Å². The molecule has 18 heavy (non-hydrogen) atoms. The highest BCUT2D eigenvalue weighted by Gasteiger charge is 2.23. The molecule has 0 aliphatic rings. The van der Waals surface area contributed by atoms with Crippen molar-refractivity contribution in [2.45, 2.75) is 32.2 Å². The number of hydrogen-bond acceptors (Lipinski definition) is 3. The molecule has 0 radical (unpaired) electrons. The first-order valence-corrected chi connectivity index (χ1v) is 5.22. The summed E-state index contributed by atoms with van der Waals surface area (Å²) in [4.78, 5) is 12.5. The van der Waals surface area contributed by atoms with Crippen LogP contribution in [-0.2, 0) is 0 Å². The summed E-state index contributed by atoms with van der Waals surface area (Å²) in [5.41, 5.74) is -3.29. The van der Waals surface area contributed by atoms with Crippen LogP contribution in [0.15, 0.2) is 24.3 Å². The van der Waals surface area contributed by atoms with Gasteiger partial charge in [-0.25, -0.2) is 0 Å². The van der Waals surface area contributed by atoms with Crippen LogP contribution in [0.5, 0.6) is 0 Å². The van der Waals surface area contributed by atoms with Crippen molar-refractivity contribution < 1.29 is 20.9 Å². The van der Waals surface area contributed by atoms with Crippen LogP contribution >= 0.6 is 24.0 Å². The van der Waals surface area contributed by atoms with Gasteiger partial charge >= 0.3 is 0 Å². The van der Waals surface area contributed by atoms with Crippen LogP contribution in [0, 0.1) is 0 Å². The lowest BCUT2D eigenvalue weighted by Gasteiger charge is -2.27. The van der Waals surface area contributed by atoms with Crippen LogP contribution in [0.1, 0.15) is 42.0 Å². The Bertz CT molecular complexity index is 606. The zero-order chi connectivity index (χ0) is 19.8. The number of benzene rings is 1. The molecule has 102 valence electrons. The second-order valence-corrected chi connectivity index (χ2v) is 4.04. The van der Waals surface area contributed by atoms with Crippen LogP contribution in [0.25, 0.3) is 0 Å². The minimum Gasteiger partial charge on any atom is -0.394 e. The zero-order valence-corrected chi connectivity index (χ0v) is 11.1. The third kappa shape index (κ3) is 4.94. The van der Waals surface area contributed by atoms with Crippen molar-refractivity contribution in [3.05, 3.63) is 34.9 Å². The third-order valence-electron chi connectivity index (χ3n) is 2.10. The third-order valence-corrected chi connectivity index (χ3v) is 2.34. The number of carbonyl (C=O) groups is 1. The Morgan fingerprint density at radius 3 is 2.83 bits per heavy atom. The smallest absolute Gasteiger partial charge is 0.179 e. The van der Waals surface area contributed by atoms with Crippen LogP contribution in [0.2, 0.25) is 5.02 Å². The number of Topliss-reactive ketones (excluding diaryl/α,β-unsaturated/α-hetero) is 1. The molecule has 1 unspecified atom stereocenters. The van der Waals surface area contributed by atoms with E-state index in [9.17, 15) is 9.90 Å². The van der Waals surface area contributed by atoms with E-state index in [-0.39, 0.29) is 23.0 Å². The van der Waals surface area contributed by atoms with Crippen molar-refractivity contribution in [1.82, 2.24) is 5.32 Å². The van der Waals surface area contributed by atoms with Crippen molar-refractivity contribution >= 4 is 29.8 Å². The Kier molecular flexibility index (Phi) is 3.10. The zero-order valence-electron chi connectivity index (χ0n) is 17.5. The predicted octanol–water partition coefficient (Wildman–Crippen LogP) is 2.69. The van der Waals surface area contributed by atoms with Gasteiger partial charge in [0.25, 0.3) is 0 Å². The number of ketones is 1. The number of aliphatic hydroxyl groups is 1. The Morgan fingerprint density at radius 1 is 1.67 bits per heavy atom. The van der Waals surface area contributed by atoms with Gasteiger partial charge in [-0.2, -0.15) is 0 Å². The molecule has 0 fully saturated rings. The highest BCUT2D eigenvalue weighted by molar-refractivity contribution is 6.31. The quantitative estimate of drug-likeness (QED) is 0.822. The molecule has 2 N–H and O–H groups in total. The van der Waals surface area contributed by atoms with Crippen LogP contribution < -0.4 is 5.32 Å². The van der Waals surface area contributed by atoms with E-state index in [0.29, 0.717) is 0 Å². The molecule has 0 saturated heterocycles. The lowest BCUT2D eigenvalue weighted by Crippen LogP contribution is -2.50. The first-order chi connectivity index (χ1) is 11.0. The van der Waals surface area contributed by atoms with Gasteiger partial charge in [-0.1, -0.05) is 23.7 Å². The van der Waals surface area contributed by atoms with E-state index in [4.69, 9.17) is 22.6 Å². The highest BCUT2D eigenvalue weighted by Crippen LogP contribution is 2.13. The van der Waals surface area contributed by atoms with Crippen molar-refractivity contribution in [2.24, 2.45) is 0 Å². The number of nitrogens with one attached hydrogen (secondary N) is 1. The van der Waals surface area contributed by atoms with E-state index in [2.05, 4.69) is 0 Å². The van der Waals surface area contributed by atoms with Crippen molar-refractivity contribution in [3.8, 4) is 0 Å². The molecule has 3 nitrogen and oxygen atoms in total. The summed E-state index contributed by atoms with van der Waals surface area (Å²) in [6.45, 7) is -9.47. The van der Waals surface area contributed by atoms with Gasteiger partial charge in [0, 0.05) is 24.3 Å². The van der Waals surface area contributed by atoms with Gasteiger partial charge in [-0.3, -0.25) is 4.79 Å². The minimum absolute atomic E-state index is 0. The van der Waals surface area contributed by atoms with E-state index < -0.39 is 37.6 Å². The van der Waals surface area contributed by atoms with Crippen molar-refractivity contribution in [2.75, 3.05) is 6.56 Å². The highest BCUT2D eigenvalue weighted by atomic mass is 35.5. The second-order valence-electron chi connectivity index (χ2n) is 3.60. The second kappa shape index (κ2) is 7.10. The van der Waals surface area contributed by atoms with Gasteiger partial charge in [-0.05, 0) is 32.8 Å². The standard InChI is InChI=1S/C13H18ClNO2.ClH/c1-9(15-13(2,3)8-16)12(17)10-5-4-6-11(14)7-10;/h4-7,9,15-16H,8H2,1-3H3;1H/i2D3,3D3,8D2;. The number of hydrogen-bond donors (Lipinski definition) is 2. The Morgan fingerprint density at radius 2 is 2.33 bits per heavy atom. The number of rotatable bonds is 5. The summed E-state index contributed by atoms with van der Waals surface area (Å²) >= 11 is 5.79. The van der Waals surface area contributed by atoms with Crippen molar-refractivity contribution in [1.29, 1.82) is 0 Å². The Hall–Kier alpha value is -0.610. The minimum atomic E-state index is -3.67. The predicted molar refractivity (Wildman–Crippen MR) is 76.8 cm³/mol. The summed E-state index contributed by atoms with van der Waals surface area (Å²) in [6, 6.07) is 4.27. The molecule has 0 aromatic heterocycles. The van der Waals surface area contributed by atoms with Gasteiger partial charge < -0.3 is 10.4 Å². The molecule has 0 aliphatic carbocycles. The summed E-state index contributed by atoms with van der Waals surface area (Å²) < 4.78 is 59.9. The fourth-order valence-corrected chi connectivity index (χ4v) is 1.50. The molecule has 1 atom stereocenters. The first kappa shape index (κ1) is 7.85. The summed E-state index contributed by atoms with van der Waals surface area (Å²) in [7, 11) is 0. The SMILES string of the molecule is Cl.[2H]C([2H])([2H])C(NC(C)C(=O)c1cccc(Cl)c1)(C([2H])([2H])[2H])C([2H])([2H])O. The maximum Gasteiger partial charge on any atom is 0.179 e. The average Bonchev–Trinajstić information content (AvgIpc) is 2.39. The molecule has 0 saturated carbocycles. The first-order valence-electron chi connectivity index (χ1n) is 8.84. The van der Waals surface area contributed by atoms with Crippen LogP contribution in [0.3, 0.4) is 0 Å². The van der Waals surface area contributed by atoms with E-state index in [0.717, 1.165) is 0 Å². The Labute approximate surface area is 130 Å². The molecule has 0 heterocycles. The molecule has 1 rings (SSSR count). The summed E-state index contributed by atoms with van der Waals surface area (Å²) in [5, 5.41) is 12.0. The van der Waals surface area contributed by atoms with Gasteiger partial charge in [0.15, 0.2) is 5.78 Å². The Balaban J connectivity index is 0.00000625. The van der Waals surface area contributed by atoms with E-state index in [1.165, 1.54) is 31.2 Å². The molecular weight excluding hydrogens is 273 g/mol. The average molecular weight is 300 g/mol. The van der Waals surface area contributed by atoms with E-state index in [1.54, 1.807) is 0 Å². The summed E-state index contributed by atoms with van der Waals surface area (Å²) in [5.74, 6) is -0.704. The fraction of sp³-hybridized carbons (Fsp3) is 0.462. The topological polar surface area (TPSA) is 49.3 Å². The number of halogens is 2. The van der Waals surface area contributed by atoms with Gasteiger partial charge in [0.2, 0.25) is 0 Å². The molecular formula is C13H19Cl2NO2. The molecule has 0 spiro atoms. The van der Waals surface area contributed by atoms with Gasteiger partial charge in [-0.15, -0.1) is 12.4 Å². The van der Waals surface area contributed by atoms with Crippen molar-refractivity contribution in [3.63, 3.8) is 0 Å². The monoisotopic (exact) mass is 299 g/mol. The van der Waals surface area contributed by atoms with E-state index in [1.807, 2.05) is 5.32 Å².